The number of halogens is 3. The van der Waals surface area contributed by atoms with Gasteiger partial charge in [0.15, 0.2) is 0 Å². The molecule has 1 saturated heterocycles. The molecule has 1 unspecified atom stereocenters. The normalized spacial score (nSPS) is 20.3. The van der Waals surface area contributed by atoms with Crippen molar-refractivity contribution in [1.82, 2.24) is 14.9 Å². The van der Waals surface area contributed by atoms with Gasteiger partial charge in [0.25, 0.3) is 0 Å². The average molecular weight is 269 g/mol. The van der Waals surface area contributed by atoms with Crippen LogP contribution in [-0.2, 0) is 6.54 Å². The molecule has 6 heteroatoms. The monoisotopic (exact) mass is 269 g/mol. The Labute approximate surface area is 108 Å². The molecule has 0 radical (unpaired) electrons. The van der Waals surface area contributed by atoms with E-state index in [1.54, 1.807) is 24.3 Å². The summed E-state index contributed by atoms with van der Waals surface area (Å²) in [5.74, 6) is 0.496. The molecular formula is C13H14F3N3. The summed E-state index contributed by atoms with van der Waals surface area (Å²) in [5, 5.41) is 3.21. The maximum atomic E-state index is 12.7. The number of nitrogens with zero attached hydrogens (tertiary/aromatic N) is 2. The van der Waals surface area contributed by atoms with Gasteiger partial charge in [0, 0.05) is 0 Å². The molecule has 0 saturated carbocycles. The maximum Gasteiger partial charge on any atom is 0.406 e. The van der Waals surface area contributed by atoms with E-state index in [0.717, 1.165) is 19.4 Å². The fourth-order valence-corrected chi connectivity index (χ4v) is 2.61. The molecule has 1 aliphatic heterocycles. The van der Waals surface area contributed by atoms with Gasteiger partial charge in [-0.2, -0.15) is 13.2 Å². The van der Waals surface area contributed by atoms with Crippen LogP contribution in [0.2, 0.25) is 0 Å². The second kappa shape index (κ2) is 4.52. The zero-order valence-electron chi connectivity index (χ0n) is 10.2. The van der Waals surface area contributed by atoms with Crippen molar-refractivity contribution in [2.45, 2.75) is 31.6 Å². The summed E-state index contributed by atoms with van der Waals surface area (Å²) in [7, 11) is 0. The highest BCUT2D eigenvalue weighted by Gasteiger charge is 2.32. The van der Waals surface area contributed by atoms with Gasteiger partial charge in [-0.15, -0.1) is 0 Å². The van der Waals surface area contributed by atoms with E-state index >= 15 is 0 Å². The molecule has 1 aliphatic rings. The van der Waals surface area contributed by atoms with Crippen LogP contribution in [0.3, 0.4) is 0 Å². The predicted octanol–water partition coefficient (Wildman–Crippen LogP) is 3.02. The molecule has 0 spiro atoms. The van der Waals surface area contributed by atoms with E-state index in [1.807, 2.05) is 0 Å². The molecule has 0 aliphatic carbocycles. The van der Waals surface area contributed by atoms with Gasteiger partial charge in [0.05, 0.1) is 17.1 Å². The van der Waals surface area contributed by atoms with E-state index in [1.165, 1.54) is 4.57 Å². The van der Waals surface area contributed by atoms with Crippen LogP contribution in [0.25, 0.3) is 11.0 Å². The zero-order chi connectivity index (χ0) is 13.5. The Balaban J connectivity index is 2.10. The second-order valence-corrected chi connectivity index (χ2v) is 4.81. The lowest BCUT2D eigenvalue weighted by molar-refractivity contribution is -0.140. The zero-order valence-corrected chi connectivity index (χ0v) is 10.2. The fraction of sp³-hybridized carbons (Fsp3) is 0.462. The summed E-state index contributed by atoms with van der Waals surface area (Å²) in [6.07, 6.45) is -2.43. The molecule has 2 heterocycles. The Morgan fingerprint density at radius 1 is 1.32 bits per heavy atom. The number of hydrogen-bond donors (Lipinski definition) is 1. The number of hydrogen-bond acceptors (Lipinski definition) is 2. The first-order chi connectivity index (χ1) is 9.04. The van der Waals surface area contributed by atoms with E-state index in [4.69, 9.17) is 0 Å². The Kier molecular flexibility index (Phi) is 2.97. The minimum Gasteiger partial charge on any atom is -0.317 e. The number of imidazole rings is 1. The van der Waals surface area contributed by atoms with Crippen LogP contribution >= 0.6 is 0 Å². The first-order valence-corrected chi connectivity index (χ1v) is 6.30. The van der Waals surface area contributed by atoms with Crippen molar-refractivity contribution in [3.8, 4) is 0 Å². The number of alkyl halides is 3. The molecule has 1 aromatic heterocycles. The molecule has 1 fully saturated rings. The van der Waals surface area contributed by atoms with E-state index in [2.05, 4.69) is 10.3 Å². The van der Waals surface area contributed by atoms with Crippen molar-refractivity contribution >= 4 is 11.0 Å². The van der Waals surface area contributed by atoms with Crippen LogP contribution in [0.4, 0.5) is 13.2 Å². The fourth-order valence-electron chi connectivity index (χ4n) is 2.61. The van der Waals surface area contributed by atoms with Crippen LogP contribution in [0.5, 0.6) is 0 Å². The number of fused-ring (bicyclic) bond motifs is 1. The Hall–Kier alpha value is -1.56. The van der Waals surface area contributed by atoms with Gasteiger partial charge in [-0.25, -0.2) is 4.98 Å². The molecule has 2 aromatic rings. The van der Waals surface area contributed by atoms with Crippen molar-refractivity contribution in [1.29, 1.82) is 0 Å². The van der Waals surface area contributed by atoms with E-state index in [-0.39, 0.29) is 6.04 Å². The third-order valence-corrected chi connectivity index (χ3v) is 3.39. The molecule has 3 rings (SSSR count). The van der Waals surface area contributed by atoms with Crippen molar-refractivity contribution in [2.24, 2.45) is 0 Å². The molecule has 1 aromatic carbocycles. The summed E-state index contributed by atoms with van der Waals surface area (Å²) in [4.78, 5) is 4.38. The van der Waals surface area contributed by atoms with Crippen molar-refractivity contribution in [3.05, 3.63) is 30.1 Å². The number of rotatable bonds is 2. The predicted molar refractivity (Wildman–Crippen MR) is 65.8 cm³/mol. The molecule has 3 nitrogen and oxygen atoms in total. The summed E-state index contributed by atoms with van der Waals surface area (Å²) in [6, 6.07) is 6.89. The van der Waals surface area contributed by atoms with Crippen molar-refractivity contribution < 1.29 is 13.2 Å². The molecule has 0 bridgehead atoms. The third kappa shape index (κ3) is 2.45. The first kappa shape index (κ1) is 12.5. The Morgan fingerprint density at radius 2 is 2.11 bits per heavy atom. The maximum absolute atomic E-state index is 12.7. The summed E-state index contributed by atoms with van der Waals surface area (Å²) in [5.41, 5.74) is 1.17. The highest BCUT2D eigenvalue weighted by molar-refractivity contribution is 5.76. The van der Waals surface area contributed by atoms with E-state index < -0.39 is 12.7 Å². The molecule has 1 N–H and O–H groups in total. The van der Waals surface area contributed by atoms with Crippen molar-refractivity contribution in [2.75, 3.05) is 6.54 Å². The van der Waals surface area contributed by atoms with Crippen LogP contribution in [0, 0.1) is 0 Å². The smallest absolute Gasteiger partial charge is 0.317 e. The molecule has 1 atom stereocenters. The second-order valence-electron chi connectivity index (χ2n) is 4.81. The minimum atomic E-state index is -4.24. The standard InChI is InChI=1S/C13H14F3N3/c14-13(15,16)8-19-11-6-2-1-4-9(11)18-12(19)10-5-3-7-17-10/h1-2,4,6,10,17H,3,5,7-8H2. The Bertz CT molecular complexity index is 582. The van der Waals surface area contributed by atoms with Gasteiger partial charge in [0.1, 0.15) is 12.4 Å². The lowest BCUT2D eigenvalue weighted by atomic mass is 10.2. The van der Waals surface area contributed by atoms with Gasteiger partial charge in [-0.1, -0.05) is 12.1 Å². The van der Waals surface area contributed by atoms with Gasteiger partial charge in [-0.05, 0) is 31.5 Å². The number of para-hydroxylation sites is 2. The first-order valence-electron chi connectivity index (χ1n) is 6.30. The largest absolute Gasteiger partial charge is 0.406 e. The topological polar surface area (TPSA) is 29.9 Å². The van der Waals surface area contributed by atoms with Gasteiger partial charge < -0.3 is 9.88 Å². The van der Waals surface area contributed by atoms with E-state index in [0.29, 0.717) is 16.9 Å². The highest BCUT2D eigenvalue weighted by Crippen LogP contribution is 2.29. The average Bonchev–Trinajstić information content (AvgIpc) is 2.95. The van der Waals surface area contributed by atoms with Crippen LogP contribution in [-0.4, -0.2) is 22.3 Å². The summed E-state index contributed by atoms with van der Waals surface area (Å²) in [6.45, 7) is -0.152. The minimum absolute atomic E-state index is 0.0743. The lowest BCUT2D eigenvalue weighted by Crippen LogP contribution is -2.23. The van der Waals surface area contributed by atoms with Gasteiger partial charge >= 0.3 is 6.18 Å². The Morgan fingerprint density at radius 3 is 2.79 bits per heavy atom. The van der Waals surface area contributed by atoms with Crippen LogP contribution < -0.4 is 5.32 Å². The summed E-state index contributed by atoms with van der Waals surface area (Å²) < 4.78 is 39.5. The summed E-state index contributed by atoms with van der Waals surface area (Å²) >= 11 is 0. The molecule has 19 heavy (non-hydrogen) atoms. The van der Waals surface area contributed by atoms with Gasteiger partial charge in [0.2, 0.25) is 0 Å². The van der Waals surface area contributed by atoms with Gasteiger partial charge in [-0.3, -0.25) is 0 Å². The van der Waals surface area contributed by atoms with Crippen LogP contribution in [0.15, 0.2) is 24.3 Å². The third-order valence-electron chi connectivity index (χ3n) is 3.39. The lowest BCUT2D eigenvalue weighted by Gasteiger charge is -2.15. The highest BCUT2D eigenvalue weighted by atomic mass is 19.4. The van der Waals surface area contributed by atoms with E-state index in [9.17, 15) is 13.2 Å². The SMILES string of the molecule is FC(F)(F)Cn1c(C2CCCN2)nc2ccccc21. The van der Waals surface area contributed by atoms with Crippen LogP contribution in [0.1, 0.15) is 24.7 Å². The number of aromatic nitrogens is 2. The number of nitrogens with one attached hydrogen (secondary N) is 1. The quantitative estimate of drug-likeness (QED) is 0.908. The van der Waals surface area contributed by atoms with Crippen molar-refractivity contribution in [3.63, 3.8) is 0 Å². The number of benzene rings is 1. The molecule has 0 amide bonds. The molecular weight excluding hydrogens is 255 g/mol. The molecule has 102 valence electrons.